The number of nitrogens with one attached hydrogen (secondary N) is 1. The molecule has 0 bridgehead atoms. The first kappa shape index (κ1) is 12.3. The van der Waals surface area contributed by atoms with Crippen molar-refractivity contribution < 1.29 is 4.79 Å². The average molecular weight is 234 g/mol. The standard InChI is InChI=1S/C14H22N2O/c17-14(13-9-5-2-6-10-13)16-15-11-12-7-3-1-4-8-12/h1,3,11-13H,2,4-10H2,(H,16,17)/b15-11-/t12-/m0/s1. The maximum absolute atomic E-state index is 11.8. The molecule has 1 saturated carbocycles. The minimum atomic E-state index is 0.118. The van der Waals surface area contributed by atoms with Crippen LogP contribution < -0.4 is 5.43 Å². The number of amides is 1. The van der Waals surface area contributed by atoms with Crippen LogP contribution in [-0.4, -0.2) is 12.1 Å². The molecule has 17 heavy (non-hydrogen) atoms. The molecule has 1 amide bonds. The van der Waals surface area contributed by atoms with Crippen molar-refractivity contribution in [2.45, 2.75) is 51.4 Å². The van der Waals surface area contributed by atoms with Crippen LogP contribution in [0.4, 0.5) is 0 Å². The van der Waals surface area contributed by atoms with Gasteiger partial charge in [0.15, 0.2) is 0 Å². The predicted octanol–water partition coefficient (Wildman–Crippen LogP) is 3.03. The van der Waals surface area contributed by atoms with E-state index < -0.39 is 0 Å². The van der Waals surface area contributed by atoms with Crippen LogP contribution in [-0.2, 0) is 4.79 Å². The van der Waals surface area contributed by atoms with Gasteiger partial charge in [-0.2, -0.15) is 5.10 Å². The van der Waals surface area contributed by atoms with Crippen LogP contribution in [0.25, 0.3) is 0 Å². The molecule has 1 atom stereocenters. The van der Waals surface area contributed by atoms with Crippen molar-refractivity contribution >= 4 is 12.1 Å². The smallest absolute Gasteiger partial charge is 0.243 e. The summed E-state index contributed by atoms with van der Waals surface area (Å²) in [7, 11) is 0. The number of carbonyl (C=O) groups is 1. The topological polar surface area (TPSA) is 41.5 Å². The molecule has 0 saturated heterocycles. The summed E-state index contributed by atoms with van der Waals surface area (Å²) in [5, 5.41) is 4.11. The molecule has 2 aliphatic carbocycles. The molecule has 2 rings (SSSR count). The molecule has 0 aromatic rings. The first-order valence-corrected chi connectivity index (χ1v) is 6.84. The van der Waals surface area contributed by atoms with Gasteiger partial charge in [0.2, 0.25) is 5.91 Å². The number of hydrazone groups is 1. The number of rotatable bonds is 3. The van der Waals surface area contributed by atoms with Crippen LogP contribution in [0.3, 0.4) is 0 Å². The van der Waals surface area contributed by atoms with Gasteiger partial charge in [0.05, 0.1) is 0 Å². The van der Waals surface area contributed by atoms with Gasteiger partial charge in [-0.05, 0) is 38.0 Å². The maximum Gasteiger partial charge on any atom is 0.243 e. The average Bonchev–Trinajstić information content (AvgIpc) is 2.41. The zero-order valence-electron chi connectivity index (χ0n) is 10.4. The Labute approximate surface area is 103 Å². The zero-order chi connectivity index (χ0) is 11.9. The summed E-state index contributed by atoms with van der Waals surface area (Å²) in [6.45, 7) is 0. The van der Waals surface area contributed by atoms with Gasteiger partial charge in [0.1, 0.15) is 0 Å². The monoisotopic (exact) mass is 234 g/mol. The summed E-state index contributed by atoms with van der Waals surface area (Å²) in [6.07, 6.45) is 15.4. The Morgan fingerprint density at radius 3 is 2.71 bits per heavy atom. The molecule has 0 aliphatic heterocycles. The van der Waals surface area contributed by atoms with Gasteiger partial charge < -0.3 is 0 Å². The molecule has 0 unspecified atom stereocenters. The molecular formula is C14H22N2O. The van der Waals surface area contributed by atoms with Crippen molar-refractivity contribution in [1.29, 1.82) is 0 Å². The first-order valence-electron chi connectivity index (χ1n) is 6.84. The number of hydrogen-bond donors (Lipinski definition) is 1. The summed E-state index contributed by atoms with van der Waals surface area (Å²) in [5.74, 6) is 0.825. The SMILES string of the molecule is O=C(N/N=C\[C@H]1CC=CCC1)C1CCCCC1. The van der Waals surface area contributed by atoms with Crippen molar-refractivity contribution in [1.82, 2.24) is 5.43 Å². The van der Waals surface area contributed by atoms with Crippen LogP contribution in [0.5, 0.6) is 0 Å². The molecule has 1 fully saturated rings. The largest absolute Gasteiger partial charge is 0.273 e. The third-order valence-electron chi connectivity index (χ3n) is 3.75. The van der Waals surface area contributed by atoms with E-state index in [1.54, 1.807) is 0 Å². The van der Waals surface area contributed by atoms with E-state index in [2.05, 4.69) is 22.7 Å². The summed E-state index contributed by atoms with van der Waals surface area (Å²) in [4.78, 5) is 11.8. The molecule has 0 heterocycles. The van der Waals surface area contributed by atoms with Gasteiger partial charge in [0.25, 0.3) is 0 Å². The fourth-order valence-corrected chi connectivity index (χ4v) is 2.61. The summed E-state index contributed by atoms with van der Waals surface area (Å²) in [6, 6.07) is 0. The molecule has 0 aromatic heterocycles. The van der Waals surface area contributed by atoms with E-state index in [1.807, 2.05) is 6.21 Å². The van der Waals surface area contributed by atoms with Crippen LogP contribution in [0.2, 0.25) is 0 Å². The van der Waals surface area contributed by atoms with Crippen molar-refractivity contribution in [2.24, 2.45) is 16.9 Å². The van der Waals surface area contributed by atoms with Gasteiger partial charge >= 0.3 is 0 Å². The van der Waals surface area contributed by atoms with E-state index >= 15 is 0 Å². The number of hydrogen-bond acceptors (Lipinski definition) is 2. The lowest BCUT2D eigenvalue weighted by molar-refractivity contribution is -0.125. The Kier molecular flexibility index (Phi) is 4.77. The van der Waals surface area contributed by atoms with E-state index in [4.69, 9.17) is 0 Å². The van der Waals surface area contributed by atoms with Crippen LogP contribution in [0.1, 0.15) is 51.4 Å². The second kappa shape index (κ2) is 6.58. The van der Waals surface area contributed by atoms with Crippen molar-refractivity contribution in [3.05, 3.63) is 12.2 Å². The zero-order valence-corrected chi connectivity index (χ0v) is 10.4. The molecule has 3 heteroatoms. The minimum Gasteiger partial charge on any atom is -0.273 e. The van der Waals surface area contributed by atoms with Crippen LogP contribution >= 0.6 is 0 Å². The number of nitrogens with zero attached hydrogens (tertiary/aromatic N) is 1. The van der Waals surface area contributed by atoms with Gasteiger partial charge in [-0.1, -0.05) is 31.4 Å². The van der Waals surface area contributed by atoms with Gasteiger partial charge in [0, 0.05) is 12.1 Å². The fraction of sp³-hybridized carbons (Fsp3) is 0.714. The van der Waals surface area contributed by atoms with Crippen molar-refractivity contribution in [3.63, 3.8) is 0 Å². The maximum atomic E-state index is 11.8. The van der Waals surface area contributed by atoms with E-state index in [9.17, 15) is 4.79 Å². The molecular weight excluding hydrogens is 212 g/mol. The molecule has 2 aliphatic rings. The van der Waals surface area contributed by atoms with Crippen LogP contribution in [0, 0.1) is 11.8 Å². The lowest BCUT2D eigenvalue weighted by Crippen LogP contribution is -2.28. The lowest BCUT2D eigenvalue weighted by atomic mass is 9.89. The second-order valence-corrected chi connectivity index (χ2v) is 5.13. The molecule has 0 spiro atoms. The highest BCUT2D eigenvalue weighted by atomic mass is 16.2. The Morgan fingerprint density at radius 2 is 2.00 bits per heavy atom. The highest BCUT2D eigenvalue weighted by Crippen LogP contribution is 2.23. The Balaban J connectivity index is 1.71. The normalized spacial score (nSPS) is 26.2. The van der Waals surface area contributed by atoms with Gasteiger partial charge in [-0.15, -0.1) is 0 Å². The molecule has 94 valence electrons. The molecule has 0 radical (unpaired) electrons. The van der Waals surface area contributed by atoms with E-state index in [1.165, 1.54) is 19.3 Å². The van der Waals surface area contributed by atoms with Crippen molar-refractivity contribution in [2.75, 3.05) is 0 Å². The van der Waals surface area contributed by atoms with E-state index in [0.717, 1.165) is 32.1 Å². The molecule has 3 nitrogen and oxygen atoms in total. The Hall–Kier alpha value is -1.12. The summed E-state index contributed by atoms with van der Waals surface area (Å²) < 4.78 is 0. The number of carbonyl (C=O) groups excluding carboxylic acids is 1. The Morgan fingerprint density at radius 1 is 1.18 bits per heavy atom. The quantitative estimate of drug-likeness (QED) is 0.455. The third-order valence-corrected chi connectivity index (χ3v) is 3.75. The number of allylic oxidation sites excluding steroid dienone is 2. The third kappa shape index (κ3) is 3.99. The van der Waals surface area contributed by atoms with E-state index in [0.29, 0.717) is 5.92 Å². The van der Waals surface area contributed by atoms with E-state index in [-0.39, 0.29) is 11.8 Å². The fourth-order valence-electron chi connectivity index (χ4n) is 2.61. The predicted molar refractivity (Wildman–Crippen MR) is 69.7 cm³/mol. The summed E-state index contributed by atoms with van der Waals surface area (Å²) in [5.41, 5.74) is 2.71. The Bertz CT molecular complexity index is 303. The first-order chi connectivity index (χ1) is 8.36. The van der Waals surface area contributed by atoms with Crippen LogP contribution in [0.15, 0.2) is 17.3 Å². The highest BCUT2D eigenvalue weighted by Gasteiger charge is 2.20. The minimum absolute atomic E-state index is 0.118. The highest BCUT2D eigenvalue weighted by molar-refractivity contribution is 5.79. The molecule has 0 aromatic carbocycles. The second-order valence-electron chi connectivity index (χ2n) is 5.13. The lowest BCUT2D eigenvalue weighted by Gasteiger charge is -2.19. The van der Waals surface area contributed by atoms with Crippen molar-refractivity contribution in [3.8, 4) is 0 Å². The van der Waals surface area contributed by atoms with Gasteiger partial charge in [-0.3, -0.25) is 4.79 Å². The molecule has 1 N–H and O–H groups in total. The van der Waals surface area contributed by atoms with Gasteiger partial charge in [-0.25, -0.2) is 5.43 Å². The summed E-state index contributed by atoms with van der Waals surface area (Å²) >= 11 is 0.